The van der Waals surface area contributed by atoms with Crippen LogP contribution in [0.5, 0.6) is 0 Å². The van der Waals surface area contributed by atoms with Crippen LogP contribution in [0.3, 0.4) is 0 Å². The molecule has 0 radical (unpaired) electrons. The summed E-state index contributed by atoms with van der Waals surface area (Å²) in [5.41, 5.74) is 1.15. The Kier molecular flexibility index (Phi) is 3.62. The van der Waals surface area contributed by atoms with Crippen LogP contribution in [0.25, 0.3) is 0 Å². The van der Waals surface area contributed by atoms with E-state index in [1.165, 1.54) is 6.08 Å². The maximum absolute atomic E-state index is 10.6. The van der Waals surface area contributed by atoms with Gasteiger partial charge in [-0.2, -0.15) is 5.26 Å². The van der Waals surface area contributed by atoms with Gasteiger partial charge in [0.15, 0.2) is 0 Å². The van der Waals surface area contributed by atoms with Gasteiger partial charge in [-0.05, 0) is 18.8 Å². The molecule has 0 saturated carbocycles. The number of hydrogen-bond acceptors (Lipinski definition) is 3. The molecule has 80 valence electrons. The van der Waals surface area contributed by atoms with E-state index in [2.05, 4.69) is 13.8 Å². The molecule has 0 amide bonds. The summed E-state index contributed by atoms with van der Waals surface area (Å²) < 4.78 is 0. The molecule has 0 aliphatic heterocycles. The molecular formula is C11H14N2O2. The number of nitro groups is 1. The first-order valence-corrected chi connectivity index (χ1v) is 5.04. The Hall–Kier alpha value is -1.63. The molecule has 0 heterocycles. The molecule has 2 unspecified atom stereocenters. The number of nitrogens with zero attached hydrogens (tertiary/aromatic N) is 2. The minimum Gasteiger partial charge on any atom is -0.259 e. The van der Waals surface area contributed by atoms with Gasteiger partial charge in [-0.15, -0.1) is 0 Å². The Morgan fingerprint density at radius 3 is 2.87 bits per heavy atom. The van der Waals surface area contributed by atoms with E-state index in [9.17, 15) is 10.1 Å². The fraction of sp³-hybridized carbons (Fsp3) is 0.545. The quantitative estimate of drug-likeness (QED) is 0.526. The molecule has 15 heavy (non-hydrogen) atoms. The van der Waals surface area contributed by atoms with Crippen LogP contribution in [0.2, 0.25) is 0 Å². The Labute approximate surface area is 89.0 Å². The van der Waals surface area contributed by atoms with Crippen molar-refractivity contribution in [1.82, 2.24) is 0 Å². The van der Waals surface area contributed by atoms with Crippen LogP contribution in [0.15, 0.2) is 23.4 Å². The van der Waals surface area contributed by atoms with Crippen molar-refractivity contribution in [2.24, 2.45) is 11.8 Å². The number of nitriles is 1. The summed E-state index contributed by atoms with van der Waals surface area (Å²) in [5, 5.41) is 19.5. The molecule has 0 aromatic rings. The maximum atomic E-state index is 10.6. The van der Waals surface area contributed by atoms with Crippen LogP contribution < -0.4 is 0 Å². The largest absolute Gasteiger partial charge is 0.263 e. The third-order valence-corrected chi connectivity index (χ3v) is 2.88. The fourth-order valence-corrected chi connectivity index (χ4v) is 1.64. The van der Waals surface area contributed by atoms with Gasteiger partial charge in [-0.3, -0.25) is 10.1 Å². The van der Waals surface area contributed by atoms with Crippen molar-refractivity contribution >= 4 is 0 Å². The zero-order valence-corrected chi connectivity index (χ0v) is 8.93. The van der Waals surface area contributed by atoms with Crippen LogP contribution in [0.4, 0.5) is 0 Å². The topological polar surface area (TPSA) is 66.9 Å². The average molecular weight is 206 g/mol. The second-order valence-corrected chi connectivity index (χ2v) is 3.79. The number of rotatable bonds is 3. The second-order valence-electron chi connectivity index (χ2n) is 3.79. The molecule has 0 fully saturated rings. The smallest absolute Gasteiger partial charge is 0.259 e. The Balaban J connectivity index is 2.94. The minimum absolute atomic E-state index is 0.0181. The lowest BCUT2D eigenvalue weighted by molar-refractivity contribution is -0.432. The van der Waals surface area contributed by atoms with E-state index in [0.29, 0.717) is 12.3 Å². The molecule has 1 aliphatic rings. The SMILES string of the molecule is CCC(C)C1=CC=C([N+](=O)[O-])C(C#N)C1. The van der Waals surface area contributed by atoms with Gasteiger partial charge in [-0.25, -0.2) is 0 Å². The Bertz CT molecular complexity index is 363. The molecule has 0 bridgehead atoms. The highest BCUT2D eigenvalue weighted by Crippen LogP contribution is 2.30. The predicted molar refractivity (Wildman–Crippen MR) is 56.3 cm³/mol. The lowest BCUT2D eigenvalue weighted by Crippen LogP contribution is -2.16. The van der Waals surface area contributed by atoms with Gasteiger partial charge in [-0.1, -0.05) is 25.5 Å². The molecule has 4 heteroatoms. The summed E-state index contributed by atoms with van der Waals surface area (Å²) in [5.74, 6) is -0.195. The van der Waals surface area contributed by atoms with Gasteiger partial charge >= 0.3 is 0 Å². The highest BCUT2D eigenvalue weighted by molar-refractivity contribution is 5.27. The summed E-state index contributed by atoms with van der Waals surface area (Å²) in [6.07, 6.45) is 4.75. The third kappa shape index (κ3) is 2.44. The van der Waals surface area contributed by atoms with Gasteiger partial charge in [0.25, 0.3) is 5.70 Å². The molecule has 4 nitrogen and oxygen atoms in total. The van der Waals surface area contributed by atoms with E-state index in [4.69, 9.17) is 5.26 Å². The molecule has 2 atom stereocenters. The summed E-state index contributed by atoms with van der Waals surface area (Å²) in [7, 11) is 0. The molecule has 0 saturated heterocycles. The summed E-state index contributed by atoms with van der Waals surface area (Å²) in [6, 6.07) is 1.99. The highest BCUT2D eigenvalue weighted by Gasteiger charge is 2.29. The van der Waals surface area contributed by atoms with E-state index in [1.807, 2.05) is 6.07 Å². The summed E-state index contributed by atoms with van der Waals surface area (Å²) in [6.45, 7) is 4.14. The van der Waals surface area contributed by atoms with Crippen molar-refractivity contribution in [2.75, 3.05) is 0 Å². The fourth-order valence-electron chi connectivity index (χ4n) is 1.64. The molecule has 0 aromatic heterocycles. The van der Waals surface area contributed by atoms with Crippen LogP contribution >= 0.6 is 0 Å². The van der Waals surface area contributed by atoms with Crippen LogP contribution in [0, 0.1) is 33.3 Å². The average Bonchev–Trinajstić information content (AvgIpc) is 2.26. The van der Waals surface area contributed by atoms with E-state index >= 15 is 0 Å². The zero-order valence-electron chi connectivity index (χ0n) is 8.93. The van der Waals surface area contributed by atoms with Crippen LogP contribution in [-0.4, -0.2) is 4.92 Å². The monoisotopic (exact) mass is 206 g/mol. The number of allylic oxidation sites excluding steroid dienone is 4. The molecule has 0 aromatic carbocycles. The third-order valence-electron chi connectivity index (χ3n) is 2.88. The maximum Gasteiger partial charge on any atom is 0.263 e. The molecule has 1 rings (SSSR count). The van der Waals surface area contributed by atoms with Gasteiger partial charge < -0.3 is 0 Å². The molecule has 0 spiro atoms. The van der Waals surface area contributed by atoms with Gasteiger partial charge in [0.2, 0.25) is 0 Å². The van der Waals surface area contributed by atoms with E-state index in [1.54, 1.807) is 6.08 Å². The molecule has 0 N–H and O–H groups in total. The van der Waals surface area contributed by atoms with Crippen molar-refractivity contribution in [3.63, 3.8) is 0 Å². The first-order valence-electron chi connectivity index (χ1n) is 5.04. The van der Waals surface area contributed by atoms with Crippen molar-refractivity contribution in [2.45, 2.75) is 26.7 Å². The summed E-state index contributed by atoms with van der Waals surface area (Å²) in [4.78, 5) is 10.2. The van der Waals surface area contributed by atoms with Crippen molar-refractivity contribution < 1.29 is 4.92 Å². The summed E-state index contributed by atoms with van der Waals surface area (Å²) >= 11 is 0. The van der Waals surface area contributed by atoms with Crippen LogP contribution in [-0.2, 0) is 0 Å². The van der Waals surface area contributed by atoms with Gasteiger partial charge in [0.1, 0.15) is 5.92 Å². The molecular weight excluding hydrogens is 192 g/mol. The van der Waals surface area contributed by atoms with Crippen LogP contribution in [0.1, 0.15) is 26.7 Å². The predicted octanol–water partition coefficient (Wildman–Crippen LogP) is 2.66. The normalized spacial score (nSPS) is 22.3. The first-order chi connectivity index (χ1) is 7.10. The molecule has 1 aliphatic carbocycles. The van der Waals surface area contributed by atoms with E-state index in [-0.39, 0.29) is 5.70 Å². The van der Waals surface area contributed by atoms with Gasteiger partial charge in [0, 0.05) is 6.08 Å². The van der Waals surface area contributed by atoms with Crippen molar-refractivity contribution in [3.05, 3.63) is 33.5 Å². The first kappa shape index (κ1) is 11.4. The van der Waals surface area contributed by atoms with E-state index < -0.39 is 10.8 Å². The van der Waals surface area contributed by atoms with Crippen molar-refractivity contribution in [1.29, 1.82) is 5.26 Å². The highest BCUT2D eigenvalue weighted by atomic mass is 16.6. The number of hydrogen-bond donors (Lipinski definition) is 0. The minimum atomic E-state index is -0.589. The van der Waals surface area contributed by atoms with E-state index in [0.717, 1.165) is 12.0 Å². The van der Waals surface area contributed by atoms with Gasteiger partial charge in [0.05, 0.1) is 11.0 Å². The zero-order chi connectivity index (χ0) is 11.4. The Morgan fingerprint density at radius 2 is 2.40 bits per heavy atom. The second kappa shape index (κ2) is 4.74. The Morgan fingerprint density at radius 1 is 1.73 bits per heavy atom. The van der Waals surface area contributed by atoms with Crippen molar-refractivity contribution in [3.8, 4) is 6.07 Å². The standard InChI is InChI=1S/C11H14N2O2/c1-3-8(2)9-4-5-11(13(14)15)10(6-9)7-12/h4-5,8,10H,3,6H2,1-2H3. The lowest BCUT2D eigenvalue weighted by atomic mass is 9.85. The lowest BCUT2D eigenvalue weighted by Gasteiger charge is -2.18.